The third-order valence-electron chi connectivity index (χ3n) is 2.34. The molecule has 0 saturated carbocycles. The maximum atomic E-state index is 8.77. The number of rotatable bonds is 2. The van der Waals surface area contributed by atoms with Crippen molar-refractivity contribution in [1.29, 1.82) is 5.26 Å². The average Bonchev–Trinajstić information content (AvgIpc) is 2.34. The molecule has 1 aromatic heterocycles. The number of aryl methyl sites for hydroxylation is 1. The molecule has 1 heterocycles. The van der Waals surface area contributed by atoms with E-state index in [1.54, 1.807) is 18.2 Å². The minimum Gasteiger partial charge on any atom is -0.339 e. The normalized spacial score (nSPS) is 9.71. The molecule has 3 nitrogen and oxygen atoms in total. The van der Waals surface area contributed by atoms with Gasteiger partial charge in [-0.1, -0.05) is 29.8 Å². The van der Waals surface area contributed by atoms with Gasteiger partial charge in [0.05, 0.1) is 10.7 Å². The standard InChI is InChI=1S/C13H10ClN3/c1-9-4-2-6-11(14)13(9)17-12-7-3-5-10(8-15)16-12/h2-7H,1H3,(H,16,17). The molecule has 4 heteroatoms. The lowest BCUT2D eigenvalue weighted by atomic mass is 10.2. The molecule has 17 heavy (non-hydrogen) atoms. The third-order valence-corrected chi connectivity index (χ3v) is 2.65. The lowest BCUT2D eigenvalue weighted by molar-refractivity contribution is 1.25. The van der Waals surface area contributed by atoms with Crippen LogP contribution in [0.4, 0.5) is 11.5 Å². The lowest BCUT2D eigenvalue weighted by Gasteiger charge is -2.10. The lowest BCUT2D eigenvalue weighted by Crippen LogP contribution is -1.97. The molecule has 1 N–H and O–H groups in total. The summed E-state index contributed by atoms with van der Waals surface area (Å²) in [6, 6.07) is 12.9. The first-order valence-electron chi connectivity index (χ1n) is 5.10. The van der Waals surface area contributed by atoms with Crippen LogP contribution >= 0.6 is 11.6 Å². The highest BCUT2D eigenvalue weighted by molar-refractivity contribution is 6.33. The van der Waals surface area contributed by atoms with Gasteiger partial charge in [0, 0.05) is 0 Å². The molecule has 2 aromatic rings. The fraction of sp³-hybridized carbons (Fsp3) is 0.0769. The van der Waals surface area contributed by atoms with Gasteiger partial charge >= 0.3 is 0 Å². The zero-order valence-electron chi connectivity index (χ0n) is 9.24. The van der Waals surface area contributed by atoms with Crippen molar-refractivity contribution in [2.75, 3.05) is 5.32 Å². The van der Waals surface area contributed by atoms with E-state index in [2.05, 4.69) is 10.3 Å². The Kier molecular flexibility index (Phi) is 3.27. The molecule has 1 aromatic carbocycles. The Labute approximate surface area is 105 Å². The van der Waals surface area contributed by atoms with Crippen molar-refractivity contribution in [1.82, 2.24) is 4.98 Å². The number of para-hydroxylation sites is 1. The topological polar surface area (TPSA) is 48.7 Å². The minimum atomic E-state index is 0.375. The molecule has 0 amide bonds. The first-order valence-corrected chi connectivity index (χ1v) is 5.48. The largest absolute Gasteiger partial charge is 0.339 e. The summed E-state index contributed by atoms with van der Waals surface area (Å²) < 4.78 is 0. The molecule has 0 radical (unpaired) electrons. The minimum absolute atomic E-state index is 0.375. The molecule has 0 aliphatic carbocycles. The van der Waals surface area contributed by atoms with E-state index in [1.807, 2.05) is 31.2 Å². The fourth-order valence-electron chi connectivity index (χ4n) is 1.48. The van der Waals surface area contributed by atoms with Gasteiger partial charge in [-0.05, 0) is 30.7 Å². The molecule has 0 fully saturated rings. The zero-order chi connectivity index (χ0) is 12.3. The van der Waals surface area contributed by atoms with Crippen LogP contribution in [0.5, 0.6) is 0 Å². The van der Waals surface area contributed by atoms with Crippen LogP contribution in [0.1, 0.15) is 11.3 Å². The van der Waals surface area contributed by atoms with Gasteiger partial charge in [-0.3, -0.25) is 0 Å². The van der Waals surface area contributed by atoms with Crippen LogP contribution in [0.3, 0.4) is 0 Å². The Morgan fingerprint density at radius 1 is 1.24 bits per heavy atom. The molecule has 0 bridgehead atoms. The number of nitrogens with one attached hydrogen (secondary N) is 1. The SMILES string of the molecule is Cc1cccc(Cl)c1Nc1cccc(C#N)n1. The van der Waals surface area contributed by atoms with Gasteiger partial charge in [0.15, 0.2) is 0 Å². The van der Waals surface area contributed by atoms with Crippen molar-refractivity contribution in [2.24, 2.45) is 0 Å². The summed E-state index contributed by atoms with van der Waals surface area (Å²) >= 11 is 6.10. The third kappa shape index (κ3) is 2.55. The van der Waals surface area contributed by atoms with E-state index >= 15 is 0 Å². The summed E-state index contributed by atoms with van der Waals surface area (Å²) in [6.07, 6.45) is 0. The fourth-order valence-corrected chi connectivity index (χ4v) is 1.75. The van der Waals surface area contributed by atoms with E-state index in [1.165, 1.54) is 0 Å². The van der Waals surface area contributed by atoms with Gasteiger partial charge in [0.1, 0.15) is 17.6 Å². The van der Waals surface area contributed by atoms with E-state index in [0.717, 1.165) is 11.3 Å². The Balaban J connectivity index is 2.35. The predicted molar refractivity (Wildman–Crippen MR) is 68.4 cm³/mol. The number of aromatic nitrogens is 1. The van der Waals surface area contributed by atoms with Crippen molar-refractivity contribution >= 4 is 23.1 Å². The molecular formula is C13H10ClN3. The van der Waals surface area contributed by atoms with E-state index < -0.39 is 0 Å². The van der Waals surface area contributed by atoms with E-state index in [0.29, 0.717) is 16.5 Å². The summed E-state index contributed by atoms with van der Waals surface area (Å²) in [5, 5.41) is 12.5. The van der Waals surface area contributed by atoms with Gasteiger partial charge in [-0.2, -0.15) is 5.26 Å². The van der Waals surface area contributed by atoms with Crippen molar-refractivity contribution in [3.05, 3.63) is 52.7 Å². The predicted octanol–water partition coefficient (Wildman–Crippen LogP) is 3.66. The van der Waals surface area contributed by atoms with Crippen LogP contribution < -0.4 is 5.32 Å². The van der Waals surface area contributed by atoms with Gasteiger partial charge < -0.3 is 5.32 Å². The zero-order valence-corrected chi connectivity index (χ0v) is 9.99. The van der Waals surface area contributed by atoms with Crippen LogP contribution in [-0.4, -0.2) is 4.98 Å². The summed E-state index contributed by atoms with van der Waals surface area (Å²) in [4.78, 5) is 4.14. The summed E-state index contributed by atoms with van der Waals surface area (Å²) in [5.41, 5.74) is 2.22. The van der Waals surface area contributed by atoms with E-state index in [-0.39, 0.29) is 0 Å². The number of hydrogen-bond acceptors (Lipinski definition) is 3. The second-order valence-corrected chi connectivity index (χ2v) is 3.98. The summed E-state index contributed by atoms with van der Waals surface area (Å²) in [6.45, 7) is 1.96. The molecular weight excluding hydrogens is 234 g/mol. The molecule has 0 aliphatic heterocycles. The monoisotopic (exact) mass is 243 g/mol. The maximum absolute atomic E-state index is 8.77. The van der Waals surface area contributed by atoms with Crippen molar-refractivity contribution in [2.45, 2.75) is 6.92 Å². The summed E-state index contributed by atoms with van der Waals surface area (Å²) in [5.74, 6) is 0.611. The molecule has 84 valence electrons. The molecule has 2 rings (SSSR count). The maximum Gasteiger partial charge on any atom is 0.142 e. The van der Waals surface area contributed by atoms with Crippen LogP contribution in [0.25, 0.3) is 0 Å². The number of pyridine rings is 1. The molecule has 0 unspecified atom stereocenters. The Morgan fingerprint density at radius 3 is 2.71 bits per heavy atom. The first-order chi connectivity index (χ1) is 8.20. The van der Waals surface area contributed by atoms with Crippen LogP contribution in [0.15, 0.2) is 36.4 Å². The van der Waals surface area contributed by atoms with Gasteiger partial charge in [0.2, 0.25) is 0 Å². The highest BCUT2D eigenvalue weighted by Crippen LogP contribution is 2.27. The number of nitriles is 1. The second-order valence-electron chi connectivity index (χ2n) is 3.58. The number of nitrogens with zero attached hydrogens (tertiary/aromatic N) is 2. The number of hydrogen-bond donors (Lipinski definition) is 1. The summed E-state index contributed by atoms with van der Waals surface area (Å²) in [7, 11) is 0. The first kappa shape index (κ1) is 11.4. The smallest absolute Gasteiger partial charge is 0.142 e. The van der Waals surface area contributed by atoms with Crippen molar-refractivity contribution < 1.29 is 0 Å². The number of anilines is 2. The second kappa shape index (κ2) is 4.86. The number of benzene rings is 1. The average molecular weight is 244 g/mol. The van der Waals surface area contributed by atoms with Gasteiger partial charge in [-0.15, -0.1) is 0 Å². The van der Waals surface area contributed by atoms with Crippen LogP contribution in [-0.2, 0) is 0 Å². The molecule has 0 atom stereocenters. The molecule has 0 aliphatic rings. The Bertz CT molecular complexity index is 567. The van der Waals surface area contributed by atoms with Crippen molar-refractivity contribution in [3.8, 4) is 6.07 Å². The number of halogens is 1. The van der Waals surface area contributed by atoms with Gasteiger partial charge in [-0.25, -0.2) is 4.98 Å². The van der Waals surface area contributed by atoms with Gasteiger partial charge in [0.25, 0.3) is 0 Å². The molecule has 0 saturated heterocycles. The Morgan fingerprint density at radius 2 is 2.00 bits per heavy atom. The highest BCUT2D eigenvalue weighted by Gasteiger charge is 2.04. The van der Waals surface area contributed by atoms with Crippen LogP contribution in [0.2, 0.25) is 5.02 Å². The Hall–Kier alpha value is -2.05. The molecule has 0 spiro atoms. The van der Waals surface area contributed by atoms with E-state index in [9.17, 15) is 0 Å². The quantitative estimate of drug-likeness (QED) is 0.876. The highest BCUT2D eigenvalue weighted by atomic mass is 35.5. The van der Waals surface area contributed by atoms with Crippen molar-refractivity contribution in [3.63, 3.8) is 0 Å². The van der Waals surface area contributed by atoms with Crippen LogP contribution in [0, 0.1) is 18.3 Å². The van der Waals surface area contributed by atoms with E-state index in [4.69, 9.17) is 16.9 Å².